The molecule has 0 unspecified atom stereocenters. The molecule has 182 valence electrons. The van der Waals surface area contributed by atoms with E-state index in [1.807, 2.05) is 18.5 Å². The van der Waals surface area contributed by atoms with Gasteiger partial charge in [-0.3, -0.25) is 4.98 Å². The summed E-state index contributed by atoms with van der Waals surface area (Å²) in [7, 11) is 0. The van der Waals surface area contributed by atoms with Gasteiger partial charge in [-0.15, -0.1) is 0 Å². The standard InChI is InChI=1S/C35H21N3O/c1-2-9-22(10-3-1)37-30-19-20-36-21-28(30)25-13-8-15-31(33(25)37)38-29-14-6-4-11-23(29)26-17-18-27-24-12-5-7-16-32(24)39-35(27)34(26)38/h1-21H. The number of pyridine rings is 1. The maximum atomic E-state index is 6.61. The first kappa shape index (κ1) is 20.7. The van der Waals surface area contributed by atoms with Crippen molar-refractivity contribution in [1.82, 2.24) is 14.1 Å². The van der Waals surface area contributed by atoms with E-state index in [-0.39, 0.29) is 0 Å². The Kier molecular flexibility index (Phi) is 4.02. The van der Waals surface area contributed by atoms with Crippen LogP contribution in [-0.2, 0) is 0 Å². The zero-order valence-electron chi connectivity index (χ0n) is 20.9. The summed E-state index contributed by atoms with van der Waals surface area (Å²) in [4.78, 5) is 4.49. The normalized spacial score (nSPS) is 12.1. The molecule has 0 bridgehead atoms. The third-order valence-corrected chi connectivity index (χ3v) is 8.00. The van der Waals surface area contributed by atoms with Crippen LogP contribution in [0.3, 0.4) is 0 Å². The predicted molar refractivity (Wildman–Crippen MR) is 160 cm³/mol. The molecular formula is C35H21N3O. The third-order valence-electron chi connectivity index (χ3n) is 8.00. The van der Waals surface area contributed by atoms with Crippen LogP contribution in [0, 0.1) is 0 Å². The van der Waals surface area contributed by atoms with E-state index in [1.54, 1.807) is 0 Å². The first-order valence-electron chi connectivity index (χ1n) is 13.1. The van der Waals surface area contributed by atoms with E-state index in [2.05, 4.69) is 123 Å². The second-order valence-electron chi connectivity index (χ2n) is 10.0. The highest BCUT2D eigenvalue weighted by Gasteiger charge is 2.22. The van der Waals surface area contributed by atoms with E-state index in [1.165, 1.54) is 16.2 Å². The molecule has 9 aromatic rings. The molecular weight excluding hydrogens is 478 g/mol. The second kappa shape index (κ2) is 7.59. The lowest BCUT2D eigenvalue weighted by molar-refractivity contribution is 0.671. The molecule has 4 heteroatoms. The summed E-state index contributed by atoms with van der Waals surface area (Å²) in [6.07, 6.45) is 3.85. The largest absolute Gasteiger partial charge is 0.454 e. The summed E-state index contributed by atoms with van der Waals surface area (Å²) in [6.45, 7) is 0. The molecule has 4 nitrogen and oxygen atoms in total. The van der Waals surface area contributed by atoms with Crippen LogP contribution in [0.1, 0.15) is 0 Å². The summed E-state index contributed by atoms with van der Waals surface area (Å²) in [5, 5.41) is 6.94. The van der Waals surface area contributed by atoms with Crippen LogP contribution in [-0.4, -0.2) is 14.1 Å². The Morgan fingerprint density at radius 1 is 0.487 bits per heavy atom. The Labute approximate surface area is 222 Å². The number of hydrogen-bond donors (Lipinski definition) is 0. The molecule has 0 atom stereocenters. The molecule has 0 radical (unpaired) electrons. The van der Waals surface area contributed by atoms with Gasteiger partial charge in [0.2, 0.25) is 0 Å². The van der Waals surface area contributed by atoms with Crippen molar-refractivity contribution < 1.29 is 4.42 Å². The van der Waals surface area contributed by atoms with Crippen LogP contribution in [0.5, 0.6) is 0 Å². The molecule has 9 rings (SSSR count). The van der Waals surface area contributed by atoms with Crippen molar-refractivity contribution in [2.75, 3.05) is 0 Å². The van der Waals surface area contributed by atoms with E-state index in [0.29, 0.717) is 0 Å². The van der Waals surface area contributed by atoms with Crippen molar-refractivity contribution in [2.24, 2.45) is 0 Å². The zero-order chi connectivity index (χ0) is 25.5. The topological polar surface area (TPSA) is 35.9 Å². The molecule has 0 aliphatic rings. The lowest BCUT2D eigenvalue weighted by Gasteiger charge is -2.14. The summed E-state index contributed by atoms with van der Waals surface area (Å²) in [5.41, 5.74) is 8.54. The van der Waals surface area contributed by atoms with Crippen molar-refractivity contribution in [1.29, 1.82) is 0 Å². The molecule has 0 spiro atoms. The molecule has 0 N–H and O–H groups in total. The second-order valence-corrected chi connectivity index (χ2v) is 10.0. The Bertz CT molecular complexity index is 2390. The van der Waals surface area contributed by atoms with Gasteiger partial charge in [-0.05, 0) is 42.5 Å². The van der Waals surface area contributed by atoms with Gasteiger partial charge in [-0.2, -0.15) is 0 Å². The van der Waals surface area contributed by atoms with Gasteiger partial charge >= 0.3 is 0 Å². The molecule has 0 saturated carbocycles. The quantitative estimate of drug-likeness (QED) is 0.238. The molecule has 39 heavy (non-hydrogen) atoms. The Morgan fingerprint density at radius 2 is 1.21 bits per heavy atom. The number of aromatic nitrogens is 3. The lowest BCUT2D eigenvalue weighted by Crippen LogP contribution is -2.00. The summed E-state index contributed by atoms with van der Waals surface area (Å²) < 4.78 is 11.4. The van der Waals surface area contributed by atoms with E-state index < -0.39 is 0 Å². The van der Waals surface area contributed by atoms with Crippen molar-refractivity contribution in [3.8, 4) is 11.4 Å². The van der Waals surface area contributed by atoms with Gasteiger partial charge in [0, 0.05) is 50.4 Å². The number of nitrogens with zero attached hydrogens (tertiary/aromatic N) is 3. The van der Waals surface area contributed by atoms with Gasteiger partial charge in [-0.25, -0.2) is 0 Å². The fourth-order valence-corrected chi connectivity index (χ4v) is 6.40. The maximum absolute atomic E-state index is 6.61. The summed E-state index contributed by atoms with van der Waals surface area (Å²) >= 11 is 0. The highest BCUT2D eigenvalue weighted by atomic mass is 16.3. The number of hydrogen-bond acceptors (Lipinski definition) is 2. The summed E-state index contributed by atoms with van der Waals surface area (Å²) in [5.74, 6) is 0. The molecule has 0 amide bonds. The first-order chi connectivity index (χ1) is 19.4. The SMILES string of the molecule is c1ccc(-n2c3ccncc3c3cccc(-n4c5ccccc5c5ccc6c7ccccc7oc6c54)c32)cc1. The first-order valence-corrected chi connectivity index (χ1v) is 13.1. The minimum Gasteiger partial charge on any atom is -0.454 e. The van der Waals surface area contributed by atoms with Gasteiger partial charge in [0.1, 0.15) is 5.58 Å². The fraction of sp³-hybridized carbons (Fsp3) is 0. The monoisotopic (exact) mass is 499 g/mol. The Hall–Kier alpha value is -5.35. The number of para-hydroxylation sites is 4. The van der Waals surface area contributed by atoms with Crippen LogP contribution in [0.25, 0.3) is 76.9 Å². The van der Waals surface area contributed by atoms with Crippen molar-refractivity contribution in [2.45, 2.75) is 0 Å². The van der Waals surface area contributed by atoms with E-state index in [4.69, 9.17) is 4.42 Å². The van der Waals surface area contributed by atoms with Crippen LogP contribution in [0.15, 0.2) is 132 Å². The molecule has 0 saturated heterocycles. The van der Waals surface area contributed by atoms with Crippen LogP contribution >= 0.6 is 0 Å². The van der Waals surface area contributed by atoms with Gasteiger partial charge in [-0.1, -0.05) is 72.8 Å². The average molecular weight is 500 g/mol. The van der Waals surface area contributed by atoms with Crippen molar-refractivity contribution in [3.63, 3.8) is 0 Å². The van der Waals surface area contributed by atoms with E-state index in [0.717, 1.165) is 60.8 Å². The molecule has 4 heterocycles. The van der Waals surface area contributed by atoms with Gasteiger partial charge in [0.05, 0.1) is 27.8 Å². The Balaban J connectivity index is 1.54. The Morgan fingerprint density at radius 3 is 2.13 bits per heavy atom. The average Bonchev–Trinajstić information content (AvgIpc) is 3.65. The van der Waals surface area contributed by atoms with Gasteiger partial charge < -0.3 is 13.6 Å². The predicted octanol–water partition coefficient (Wildman–Crippen LogP) is 9.18. The minimum atomic E-state index is 0.902. The van der Waals surface area contributed by atoms with Gasteiger partial charge in [0.25, 0.3) is 0 Å². The molecule has 0 aliphatic carbocycles. The van der Waals surface area contributed by atoms with Crippen molar-refractivity contribution in [3.05, 3.63) is 128 Å². The van der Waals surface area contributed by atoms with Gasteiger partial charge in [0.15, 0.2) is 5.58 Å². The third kappa shape index (κ3) is 2.70. The maximum Gasteiger partial charge on any atom is 0.160 e. The molecule has 0 fully saturated rings. The van der Waals surface area contributed by atoms with Crippen molar-refractivity contribution >= 4 is 65.6 Å². The highest BCUT2D eigenvalue weighted by Crippen LogP contribution is 2.42. The van der Waals surface area contributed by atoms with Crippen LogP contribution < -0.4 is 0 Å². The number of rotatable bonds is 2. The minimum absolute atomic E-state index is 0.902. The smallest absolute Gasteiger partial charge is 0.160 e. The molecule has 4 aromatic heterocycles. The lowest BCUT2D eigenvalue weighted by atomic mass is 10.1. The number of fused-ring (bicyclic) bond motifs is 10. The van der Waals surface area contributed by atoms with E-state index in [9.17, 15) is 0 Å². The highest BCUT2D eigenvalue weighted by molar-refractivity contribution is 6.22. The zero-order valence-corrected chi connectivity index (χ0v) is 20.9. The molecule has 5 aromatic carbocycles. The molecule has 0 aliphatic heterocycles. The van der Waals surface area contributed by atoms with E-state index >= 15 is 0 Å². The van der Waals surface area contributed by atoms with Crippen LogP contribution in [0.2, 0.25) is 0 Å². The fourth-order valence-electron chi connectivity index (χ4n) is 6.40. The van der Waals surface area contributed by atoms with Crippen LogP contribution in [0.4, 0.5) is 0 Å². The number of furan rings is 1. The summed E-state index contributed by atoms with van der Waals surface area (Å²) in [6, 6.07) is 40.6. The number of benzene rings is 5.